The van der Waals surface area contributed by atoms with Crippen molar-refractivity contribution < 1.29 is 9.53 Å². The first kappa shape index (κ1) is 13.6. The van der Waals surface area contributed by atoms with Crippen LogP contribution in [0.3, 0.4) is 0 Å². The molecule has 1 aromatic rings. The van der Waals surface area contributed by atoms with Crippen LogP contribution in [0.15, 0.2) is 16.7 Å². The molecule has 2 atom stereocenters. The number of nitrogens with zero attached hydrogens (tertiary/aromatic N) is 1. The Morgan fingerprint density at radius 2 is 2.44 bits per heavy atom. The summed E-state index contributed by atoms with van der Waals surface area (Å²) in [6, 6.07) is 1.85. The average molecular weight is 315 g/mol. The second kappa shape index (κ2) is 5.89. The van der Waals surface area contributed by atoms with Crippen molar-refractivity contribution in [3.05, 3.63) is 22.4 Å². The normalized spacial score (nSPS) is 23.3. The van der Waals surface area contributed by atoms with E-state index >= 15 is 0 Å². The second-order valence-electron chi connectivity index (χ2n) is 4.66. The standard InChI is InChI=1S/C13H19BrN2O2/c1-3-16-8-11(14)6-12(16)13(17)15-7-10-4-5-18-9(10)2/h6,8-10H,3-5,7H2,1-2H3,(H,15,17). The van der Waals surface area contributed by atoms with Crippen molar-refractivity contribution in [1.82, 2.24) is 9.88 Å². The van der Waals surface area contributed by atoms with E-state index in [0.29, 0.717) is 18.2 Å². The lowest BCUT2D eigenvalue weighted by atomic mass is 10.0. The molecule has 1 N–H and O–H groups in total. The van der Waals surface area contributed by atoms with Crippen molar-refractivity contribution >= 4 is 21.8 Å². The van der Waals surface area contributed by atoms with Gasteiger partial charge in [0.2, 0.25) is 0 Å². The van der Waals surface area contributed by atoms with E-state index in [-0.39, 0.29) is 12.0 Å². The highest BCUT2D eigenvalue weighted by atomic mass is 79.9. The third-order valence-electron chi connectivity index (χ3n) is 3.49. The Labute approximate surface area is 116 Å². The average Bonchev–Trinajstić information content (AvgIpc) is 2.92. The fourth-order valence-corrected chi connectivity index (χ4v) is 2.75. The molecule has 2 unspecified atom stereocenters. The van der Waals surface area contributed by atoms with Crippen LogP contribution in [0.25, 0.3) is 0 Å². The molecule has 100 valence electrons. The minimum Gasteiger partial charge on any atom is -0.378 e. The minimum atomic E-state index is -0.0124. The molecule has 1 saturated heterocycles. The Kier molecular flexibility index (Phi) is 4.45. The molecule has 18 heavy (non-hydrogen) atoms. The van der Waals surface area contributed by atoms with E-state index in [1.165, 1.54) is 0 Å². The van der Waals surface area contributed by atoms with Gasteiger partial charge in [0, 0.05) is 36.3 Å². The fraction of sp³-hybridized carbons (Fsp3) is 0.615. The number of nitrogens with one attached hydrogen (secondary N) is 1. The summed E-state index contributed by atoms with van der Waals surface area (Å²) in [5, 5.41) is 3.00. The number of halogens is 1. The lowest BCUT2D eigenvalue weighted by Gasteiger charge is -2.15. The molecule has 0 aliphatic carbocycles. The molecule has 1 aliphatic rings. The molecule has 1 aromatic heterocycles. The second-order valence-corrected chi connectivity index (χ2v) is 5.58. The molecule has 0 aromatic carbocycles. The Bertz CT molecular complexity index is 431. The lowest BCUT2D eigenvalue weighted by Crippen LogP contribution is -2.33. The summed E-state index contributed by atoms with van der Waals surface area (Å²) in [6.45, 7) is 6.37. The van der Waals surface area contributed by atoms with Gasteiger partial charge < -0.3 is 14.6 Å². The maximum Gasteiger partial charge on any atom is 0.267 e. The summed E-state index contributed by atoms with van der Waals surface area (Å²) in [4.78, 5) is 12.1. The van der Waals surface area contributed by atoms with E-state index in [1.807, 2.05) is 23.8 Å². The van der Waals surface area contributed by atoms with Crippen molar-refractivity contribution in [2.24, 2.45) is 5.92 Å². The summed E-state index contributed by atoms with van der Waals surface area (Å²) < 4.78 is 8.36. The molecule has 2 rings (SSSR count). The third-order valence-corrected chi connectivity index (χ3v) is 3.93. The lowest BCUT2D eigenvalue weighted by molar-refractivity contribution is 0.0900. The van der Waals surface area contributed by atoms with Crippen molar-refractivity contribution in [2.45, 2.75) is 32.9 Å². The van der Waals surface area contributed by atoms with E-state index < -0.39 is 0 Å². The topological polar surface area (TPSA) is 43.3 Å². The monoisotopic (exact) mass is 314 g/mol. The largest absolute Gasteiger partial charge is 0.378 e. The zero-order valence-electron chi connectivity index (χ0n) is 10.8. The highest BCUT2D eigenvalue weighted by Gasteiger charge is 2.25. The number of aromatic nitrogens is 1. The van der Waals surface area contributed by atoms with Crippen LogP contribution in [0.2, 0.25) is 0 Å². The maximum atomic E-state index is 12.1. The van der Waals surface area contributed by atoms with E-state index in [9.17, 15) is 4.79 Å². The maximum absolute atomic E-state index is 12.1. The number of hydrogen-bond donors (Lipinski definition) is 1. The third kappa shape index (κ3) is 2.95. The first-order chi connectivity index (χ1) is 8.61. The smallest absolute Gasteiger partial charge is 0.267 e. The van der Waals surface area contributed by atoms with Gasteiger partial charge in [0.15, 0.2) is 0 Å². The summed E-state index contributed by atoms with van der Waals surface area (Å²) in [7, 11) is 0. The number of aryl methyl sites for hydroxylation is 1. The van der Waals surface area contributed by atoms with Gasteiger partial charge in [-0.3, -0.25) is 4.79 Å². The predicted molar refractivity (Wildman–Crippen MR) is 73.7 cm³/mol. The van der Waals surface area contributed by atoms with Crippen LogP contribution in [0.1, 0.15) is 30.8 Å². The van der Waals surface area contributed by atoms with Crippen molar-refractivity contribution in [2.75, 3.05) is 13.2 Å². The van der Waals surface area contributed by atoms with Crippen LogP contribution in [-0.2, 0) is 11.3 Å². The van der Waals surface area contributed by atoms with Crippen molar-refractivity contribution in [1.29, 1.82) is 0 Å². The van der Waals surface area contributed by atoms with Gasteiger partial charge in [0.1, 0.15) is 5.69 Å². The van der Waals surface area contributed by atoms with Gasteiger partial charge in [-0.15, -0.1) is 0 Å². The van der Waals surface area contributed by atoms with E-state index in [4.69, 9.17) is 4.74 Å². The van der Waals surface area contributed by atoms with Crippen LogP contribution >= 0.6 is 15.9 Å². The van der Waals surface area contributed by atoms with Gasteiger partial charge in [-0.25, -0.2) is 0 Å². The number of carbonyl (C=O) groups is 1. The molecule has 0 radical (unpaired) electrons. The van der Waals surface area contributed by atoms with Crippen LogP contribution in [-0.4, -0.2) is 29.7 Å². The summed E-state index contributed by atoms with van der Waals surface area (Å²) >= 11 is 3.40. The SMILES string of the molecule is CCn1cc(Br)cc1C(=O)NCC1CCOC1C. The molecule has 1 aliphatic heterocycles. The molecule has 5 heteroatoms. The fourth-order valence-electron chi connectivity index (χ4n) is 2.29. The Morgan fingerprint density at radius 3 is 3.06 bits per heavy atom. The van der Waals surface area contributed by atoms with Crippen LogP contribution in [0.5, 0.6) is 0 Å². The molecule has 1 amide bonds. The van der Waals surface area contributed by atoms with E-state index in [1.54, 1.807) is 0 Å². The van der Waals surface area contributed by atoms with E-state index in [2.05, 4.69) is 28.2 Å². The zero-order chi connectivity index (χ0) is 13.1. The van der Waals surface area contributed by atoms with Crippen LogP contribution < -0.4 is 5.32 Å². The van der Waals surface area contributed by atoms with E-state index in [0.717, 1.165) is 24.0 Å². The van der Waals surface area contributed by atoms with Crippen LogP contribution in [0, 0.1) is 5.92 Å². The molecule has 0 saturated carbocycles. The van der Waals surface area contributed by atoms with Gasteiger partial charge in [-0.05, 0) is 42.3 Å². The molecule has 1 fully saturated rings. The first-order valence-corrected chi connectivity index (χ1v) is 7.16. The number of ether oxygens (including phenoxy) is 1. The van der Waals surface area contributed by atoms with Gasteiger partial charge in [-0.2, -0.15) is 0 Å². The number of carbonyl (C=O) groups excluding carboxylic acids is 1. The Balaban J connectivity index is 1.94. The number of hydrogen-bond acceptors (Lipinski definition) is 2. The summed E-state index contributed by atoms with van der Waals surface area (Å²) in [5.74, 6) is 0.420. The summed E-state index contributed by atoms with van der Waals surface area (Å²) in [6.07, 6.45) is 3.20. The van der Waals surface area contributed by atoms with Gasteiger partial charge in [0.05, 0.1) is 6.10 Å². The number of rotatable bonds is 4. The highest BCUT2D eigenvalue weighted by Crippen LogP contribution is 2.20. The Hall–Kier alpha value is -0.810. The zero-order valence-corrected chi connectivity index (χ0v) is 12.4. The first-order valence-electron chi connectivity index (χ1n) is 6.37. The quantitative estimate of drug-likeness (QED) is 0.927. The minimum absolute atomic E-state index is 0.0124. The molecule has 4 nitrogen and oxygen atoms in total. The molecule has 0 bridgehead atoms. The van der Waals surface area contributed by atoms with Gasteiger partial charge in [0.25, 0.3) is 5.91 Å². The van der Waals surface area contributed by atoms with Gasteiger partial charge >= 0.3 is 0 Å². The molecular weight excluding hydrogens is 296 g/mol. The summed E-state index contributed by atoms with van der Waals surface area (Å²) in [5.41, 5.74) is 0.705. The van der Waals surface area contributed by atoms with Gasteiger partial charge in [-0.1, -0.05) is 0 Å². The molecule has 2 heterocycles. The highest BCUT2D eigenvalue weighted by molar-refractivity contribution is 9.10. The van der Waals surface area contributed by atoms with Crippen molar-refractivity contribution in [3.8, 4) is 0 Å². The number of amides is 1. The van der Waals surface area contributed by atoms with Crippen molar-refractivity contribution in [3.63, 3.8) is 0 Å². The molecular formula is C13H19BrN2O2. The van der Waals surface area contributed by atoms with Crippen LogP contribution in [0.4, 0.5) is 0 Å². The molecule has 0 spiro atoms. The Morgan fingerprint density at radius 1 is 1.67 bits per heavy atom. The predicted octanol–water partition coefficient (Wildman–Crippen LogP) is 2.43.